The molecule has 0 spiro atoms. The summed E-state index contributed by atoms with van der Waals surface area (Å²) in [4.78, 5) is 23.6. The molecule has 98 valence electrons. The minimum absolute atomic E-state index is 0.372. The zero-order valence-corrected chi connectivity index (χ0v) is 11.5. The second-order valence-electron chi connectivity index (χ2n) is 4.89. The number of aryl methyl sites for hydroxylation is 2. The van der Waals surface area contributed by atoms with E-state index in [2.05, 4.69) is 10.1 Å². The number of hydrogen-bond donors (Lipinski definition) is 1. The number of benzene rings is 1. The average Bonchev–Trinajstić information content (AvgIpc) is 2.32. The number of anilines is 1. The van der Waals surface area contributed by atoms with Crippen molar-refractivity contribution in [2.24, 2.45) is 5.41 Å². The van der Waals surface area contributed by atoms with Gasteiger partial charge in [0.15, 0.2) is 0 Å². The zero-order chi connectivity index (χ0) is 13.9. The predicted octanol–water partition coefficient (Wildman–Crippen LogP) is 2.44. The van der Waals surface area contributed by atoms with Gasteiger partial charge in [-0.3, -0.25) is 9.59 Å². The van der Waals surface area contributed by atoms with Gasteiger partial charge in [-0.25, -0.2) is 0 Å². The number of ether oxygens (including phenoxy) is 1. The lowest BCUT2D eigenvalue weighted by atomic mass is 9.92. The van der Waals surface area contributed by atoms with E-state index < -0.39 is 11.4 Å². The van der Waals surface area contributed by atoms with Crippen LogP contribution in [0.2, 0.25) is 0 Å². The quantitative estimate of drug-likeness (QED) is 0.661. The third kappa shape index (κ3) is 2.88. The molecule has 1 aromatic rings. The van der Waals surface area contributed by atoms with E-state index in [0.29, 0.717) is 0 Å². The van der Waals surface area contributed by atoms with Crippen LogP contribution in [0.5, 0.6) is 0 Å². The van der Waals surface area contributed by atoms with Crippen molar-refractivity contribution >= 4 is 17.6 Å². The number of methoxy groups -OCH3 is 1. The maximum Gasteiger partial charge on any atom is 0.320 e. The third-order valence-corrected chi connectivity index (χ3v) is 2.90. The number of amides is 1. The average molecular weight is 249 g/mol. The second kappa shape index (κ2) is 5.21. The van der Waals surface area contributed by atoms with E-state index in [1.54, 1.807) is 13.8 Å². The molecular weight excluding hydrogens is 230 g/mol. The van der Waals surface area contributed by atoms with Crippen molar-refractivity contribution in [3.8, 4) is 0 Å². The van der Waals surface area contributed by atoms with Crippen LogP contribution in [-0.2, 0) is 14.3 Å². The lowest BCUT2D eigenvalue weighted by Gasteiger charge is -2.21. The molecule has 0 radical (unpaired) electrons. The summed E-state index contributed by atoms with van der Waals surface area (Å²) in [5.41, 5.74) is 1.52. The van der Waals surface area contributed by atoms with Gasteiger partial charge in [-0.1, -0.05) is 12.1 Å². The Morgan fingerprint density at radius 1 is 1.22 bits per heavy atom. The van der Waals surface area contributed by atoms with E-state index in [1.165, 1.54) is 7.11 Å². The summed E-state index contributed by atoms with van der Waals surface area (Å²) in [6.45, 7) is 6.93. The molecule has 1 amide bonds. The topological polar surface area (TPSA) is 55.4 Å². The van der Waals surface area contributed by atoms with Crippen LogP contribution in [0.1, 0.15) is 25.0 Å². The summed E-state index contributed by atoms with van der Waals surface area (Å²) < 4.78 is 4.63. The highest BCUT2D eigenvalue weighted by molar-refractivity contribution is 6.08. The fourth-order valence-electron chi connectivity index (χ4n) is 1.50. The number of carbonyl (C=O) groups excluding carboxylic acids is 2. The van der Waals surface area contributed by atoms with Crippen LogP contribution in [0, 0.1) is 19.3 Å². The molecule has 1 N–H and O–H groups in total. The van der Waals surface area contributed by atoms with Crippen molar-refractivity contribution in [3.63, 3.8) is 0 Å². The first-order valence-electron chi connectivity index (χ1n) is 5.76. The van der Waals surface area contributed by atoms with Crippen LogP contribution < -0.4 is 5.32 Å². The normalized spacial score (nSPS) is 10.9. The molecule has 1 aromatic carbocycles. The van der Waals surface area contributed by atoms with Crippen molar-refractivity contribution in [1.29, 1.82) is 0 Å². The molecule has 0 atom stereocenters. The van der Waals surface area contributed by atoms with Crippen molar-refractivity contribution < 1.29 is 14.3 Å². The van der Waals surface area contributed by atoms with Crippen molar-refractivity contribution in [2.45, 2.75) is 27.7 Å². The summed E-state index contributed by atoms with van der Waals surface area (Å²) in [7, 11) is 1.27. The monoisotopic (exact) mass is 249 g/mol. The highest BCUT2D eigenvalue weighted by atomic mass is 16.5. The Morgan fingerprint density at radius 3 is 2.39 bits per heavy atom. The van der Waals surface area contributed by atoms with E-state index in [4.69, 9.17) is 0 Å². The fourth-order valence-corrected chi connectivity index (χ4v) is 1.50. The first-order chi connectivity index (χ1) is 8.28. The summed E-state index contributed by atoms with van der Waals surface area (Å²) in [6.07, 6.45) is 0. The molecule has 4 nitrogen and oxygen atoms in total. The van der Waals surface area contributed by atoms with Crippen LogP contribution >= 0.6 is 0 Å². The van der Waals surface area contributed by atoms with Crippen LogP contribution in [0.25, 0.3) is 0 Å². The van der Waals surface area contributed by atoms with Crippen LogP contribution in [0.3, 0.4) is 0 Å². The lowest BCUT2D eigenvalue weighted by Crippen LogP contribution is -2.38. The van der Waals surface area contributed by atoms with Gasteiger partial charge in [0.2, 0.25) is 5.91 Å². The predicted molar refractivity (Wildman–Crippen MR) is 70.3 cm³/mol. The van der Waals surface area contributed by atoms with E-state index >= 15 is 0 Å². The standard InChI is InChI=1S/C14H19NO3/c1-9-6-7-10(2)11(8-9)15-12(16)14(3,4)13(17)18-5/h6-8H,1-5H3,(H,15,16). The Hall–Kier alpha value is -1.84. The fraction of sp³-hybridized carbons (Fsp3) is 0.429. The Morgan fingerprint density at radius 2 is 1.83 bits per heavy atom. The van der Waals surface area contributed by atoms with Crippen LogP contribution in [0.4, 0.5) is 5.69 Å². The minimum Gasteiger partial charge on any atom is -0.468 e. The van der Waals surface area contributed by atoms with E-state index in [1.807, 2.05) is 32.0 Å². The molecule has 0 aliphatic rings. The largest absolute Gasteiger partial charge is 0.468 e. The Balaban J connectivity index is 2.94. The SMILES string of the molecule is COC(=O)C(C)(C)C(=O)Nc1cc(C)ccc1C. The molecule has 0 bridgehead atoms. The smallest absolute Gasteiger partial charge is 0.320 e. The summed E-state index contributed by atoms with van der Waals surface area (Å²) in [5, 5.41) is 2.77. The molecule has 0 aliphatic heterocycles. The molecule has 1 rings (SSSR count). The molecule has 4 heteroatoms. The maximum atomic E-state index is 12.1. The maximum absolute atomic E-state index is 12.1. The third-order valence-electron chi connectivity index (χ3n) is 2.90. The van der Waals surface area contributed by atoms with Gasteiger partial charge in [0.05, 0.1) is 7.11 Å². The van der Waals surface area contributed by atoms with Gasteiger partial charge in [-0.15, -0.1) is 0 Å². The lowest BCUT2D eigenvalue weighted by molar-refractivity contribution is -0.154. The molecular formula is C14H19NO3. The molecule has 0 unspecified atom stereocenters. The van der Waals surface area contributed by atoms with Crippen molar-refractivity contribution in [2.75, 3.05) is 12.4 Å². The van der Waals surface area contributed by atoms with Crippen molar-refractivity contribution in [3.05, 3.63) is 29.3 Å². The first-order valence-corrected chi connectivity index (χ1v) is 5.76. The molecule has 0 fully saturated rings. The Bertz CT molecular complexity index is 478. The zero-order valence-electron chi connectivity index (χ0n) is 11.5. The van der Waals surface area contributed by atoms with Crippen molar-refractivity contribution in [1.82, 2.24) is 0 Å². The number of carbonyl (C=O) groups is 2. The molecule has 0 saturated heterocycles. The van der Waals surface area contributed by atoms with Gasteiger partial charge in [0, 0.05) is 5.69 Å². The van der Waals surface area contributed by atoms with Gasteiger partial charge < -0.3 is 10.1 Å². The van der Waals surface area contributed by atoms with Gasteiger partial charge in [-0.05, 0) is 44.9 Å². The summed E-state index contributed by atoms with van der Waals surface area (Å²) in [6, 6.07) is 5.77. The second-order valence-corrected chi connectivity index (χ2v) is 4.89. The highest BCUT2D eigenvalue weighted by Gasteiger charge is 2.37. The van der Waals surface area contributed by atoms with E-state index in [0.717, 1.165) is 16.8 Å². The van der Waals surface area contributed by atoms with Gasteiger partial charge in [0.1, 0.15) is 5.41 Å². The molecule has 18 heavy (non-hydrogen) atoms. The number of nitrogens with one attached hydrogen (secondary N) is 1. The number of rotatable bonds is 3. The van der Waals surface area contributed by atoms with E-state index in [-0.39, 0.29) is 5.91 Å². The molecule has 0 aromatic heterocycles. The Kier molecular flexibility index (Phi) is 4.11. The molecule has 0 heterocycles. The van der Waals surface area contributed by atoms with Crippen LogP contribution in [-0.4, -0.2) is 19.0 Å². The first kappa shape index (κ1) is 14.2. The van der Waals surface area contributed by atoms with Gasteiger partial charge in [-0.2, -0.15) is 0 Å². The van der Waals surface area contributed by atoms with E-state index in [9.17, 15) is 9.59 Å². The highest BCUT2D eigenvalue weighted by Crippen LogP contribution is 2.22. The summed E-state index contributed by atoms with van der Waals surface area (Å²) >= 11 is 0. The van der Waals surface area contributed by atoms with Crippen LogP contribution in [0.15, 0.2) is 18.2 Å². The van der Waals surface area contributed by atoms with Gasteiger partial charge >= 0.3 is 5.97 Å². The van der Waals surface area contributed by atoms with Gasteiger partial charge in [0.25, 0.3) is 0 Å². The molecule has 0 aliphatic carbocycles. The summed E-state index contributed by atoms with van der Waals surface area (Å²) in [5.74, 6) is -0.923. The number of esters is 1. The minimum atomic E-state index is -1.20. The number of hydrogen-bond acceptors (Lipinski definition) is 3. The molecule has 0 saturated carbocycles. The Labute approximate surface area is 107 Å².